The van der Waals surface area contributed by atoms with Gasteiger partial charge in [-0.3, -0.25) is 14.4 Å². The van der Waals surface area contributed by atoms with Crippen molar-refractivity contribution in [3.63, 3.8) is 0 Å². The van der Waals surface area contributed by atoms with Crippen molar-refractivity contribution in [3.8, 4) is 0 Å². The first-order valence-electron chi connectivity index (χ1n) is 11.9. The molecular formula is C22H32Br2O14Se2. The quantitative estimate of drug-likeness (QED) is 0.0728. The summed E-state index contributed by atoms with van der Waals surface area (Å²) in [4.78, 5) is 43.1. The maximum absolute atomic E-state index is 11.5. The molecule has 0 aliphatic carbocycles. The summed E-state index contributed by atoms with van der Waals surface area (Å²) in [5.74, 6) is -1.93. The molecule has 0 aromatic rings. The molecule has 18 heteroatoms. The second-order valence-electron chi connectivity index (χ2n) is 9.00. The van der Waals surface area contributed by atoms with Gasteiger partial charge in [-0.25, -0.2) is 0 Å². The van der Waals surface area contributed by atoms with E-state index in [9.17, 15) is 34.5 Å². The minimum atomic E-state index is -1.08. The molecule has 4 aliphatic rings. The number of rotatable bonds is 5. The van der Waals surface area contributed by atoms with Gasteiger partial charge >= 0.3 is 157 Å². The Balaban J connectivity index is 0.000000220. The fraction of sp³-hybridized carbons (Fsp3) is 0.818. The monoisotopic (exact) mass is 838 g/mol. The summed E-state index contributed by atoms with van der Waals surface area (Å²) in [6.45, 7) is 2.37. The fourth-order valence-electron chi connectivity index (χ4n) is 3.95. The van der Waals surface area contributed by atoms with E-state index in [-0.39, 0.29) is 57.5 Å². The molecule has 6 unspecified atom stereocenters. The Hall–Kier alpha value is -0.361. The zero-order valence-corrected chi connectivity index (χ0v) is 27.9. The van der Waals surface area contributed by atoms with Crippen LogP contribution in [0.1, 0.15) is 13.8 Å². The predicted molar refractivity (Wildman–Crippen MR) is 143 cm³/mol. The molecule has 12 atom stereocenters. The SMILES string of the molecule is CC(=O)OC1[C@H](Br)C(=O)O[C@H]1[C@H](CBr)OC(C)=O.O=C1OC2C(O)C[Se]C1[C@H]2O.OCC1[Se]CC(O)[C@@H](O)[C@@H]1O. The second-order valence-corrected chi connectivity index (χ2v) is 15.8. The Kier molecular flexibility index (Phi) is 14.8. The first-order chi connectivity index (χ1) is 18.7. The van der Waals surface area contributed by atoms with Gasteiger partial charge in [-0.05, 0) is 0 Å². The summed E-state index contributed by atoms with van der Waals surface area (Å²) in [6, 6.07) is 0. The maximum atomic E-state index is 11.5. The van der Waals surface area contributed by atoms with E-state index < -0.39 is 77.7 Å². The van der Waals surface area contributed by atoms with E-state index in [1.165, 1.54) is 13.8 Å². The van der Waals surface area contributed by atoms with Crippen LogP contribution in [0.25, 0.3) is 0 Å². The van der Waals surface area contributed by atoms with Crippen LogP contribution in [-0.4, -0.2) is 156 Å². The minimum absolute atomic E-state index is 0.00289. The van der Waals surface area contributed by atoms with Crippen LogP contribution in [0, 0.1) is 0 Å². The van der Waals surface area contributed by atoms with E-state index in [0.29, 0.717) is 10.6 Å². The van der Waals surface area contributed by atoms with E-state index in [1.807, 2.05) is 0 Å². The standard InChI is InChI=1S/C10H12Br2O6.C6H8O4Se.C6H12O4Se/c1-4(13)16-6(3-11)8-9(17-5(2)14)7(12)10(15)18-8;7-2-1-11-5-3(8)4(2)10-6(5)9;7-1-4-6(10)5(9)3(8)2-11-4/h6-9H,3H2,1-2H3;2-5,7-8H,1H2;3-10H,1-2H2/t6-,7-,8-,9?;2?,3-,4?,5?;3?,4?,5-,6-/m001/s1. The van der Waals surface area contributed by atoms with E-state index in [0.717, 1.165) is 0 Å². The molecule has 0 aromatic heterocycles. The molecular weight excluding hydrogens is 806 g/mol. The van der Waals surface area contributed by atoms with Gasteiger partial charge in [0.2, 0.25) is 0 Å². The van der Waals surface area contributed by atoms with Gasteiger partial charge in [0.05, 0.1) is 0 Å². The van der Waals surface area contributed by atoms with E-state index in [2.05, 4.69) is 31.9 Å². The average molecular weight is 838 g/mol. The molecule has 0 aromatic carbocycles. The van der Waals surface area contributed by atoms with Crippen molar-refractivity contribution < 1.29 is 68.8 Å². The third-order valence-electron chi connectivity index (χ3n) is 5.97. The summed E-state index contributed by atoms with van der Waals surface area (Å²) in [5, 5.41) is 56.2. The van der Waals surface area contributed by atoms with Gasteiger partial charge in [0.15, 0.2) is 23.1 Å². The molecule has 6 N–H and O–H groups in total. The van der Waals surface area contributed by atoms with Crippen LogP contribution < -0.4 is 0 Å². The molecule has 230 valence electrons. The number of carbonyl (C=O) groups excluding carboxylic acids is 4. The van der Waals surface area contributed by atoms with Gasteiger partial charge in [0, 0.05) is 19.2 Å². The van der Waals surface area contributed by atoms with Crippen LogP contribution in [-0.2, 0) is 38.1 Å². The Morgan fingerprint density at radius 1 is 0.950 bits per heavy atom. The number of aliphatic hydroxyl groups excluding tert-OH is 6. The van der Waals surface area contributed by atoms with Gasteiger partial charge in [0.1, 0.15) is 0 Å². The van der Waals surface area contributed by atoms with Crippen molar-refractivity contribution in [2.75, 3.05) is 11.9 Å². The van der Waals surface area contributed by atoms with E-state index >= 15 is 0 Å². The molecule has 0 radical (unpaired) electrons. The molecule has 0 amide bonds. The third-order valence-corrected chi connectivity index (χ3v) is 13.3. The van der Waals surface area contributed by atoms with Crippen LogP contribution in [0.3, 0.4) is 0 Å². The van der Waals surface area contributed by atoms with Crippen LogP contribution in [0.4, 0.5) is 0 Å². The molecule has 4 aliphatic heterocycles. The number of hydrogen-bond acceptors (Lipinski definition) is 14. The molecule has 40 heavy (non-hydrogen) atoms. The third kappa shape index (κ3) is 9.32. The molecule has 4 fully saturated rings. The van der Waals surface area contributed by atoms with Gasteiger partial charge in [0.25, 0.3) is 0 Å². The number of halogens is 2. The molecule has 4 saturated heterocycles. The van der Waals surface area contributed by atoms with Crippen molar-refractivity contribution in [2.45, 2.75) is 93.9 Å². The van der Waals surface area contributed by atoms with Crippen molar-refractivity contribution in [1.82, 2.24) is 0 Å². The molecule has 4 rings (SSSR count). The van der Waals surface area contributed by atoms with Gasteiger partial charge < -0.3 is 14.2 Å². The van der Waals surface area contributed by atoms with Gasteiger partial charge in [-0.15, -0.1) is 0 Å². The number of carbonyl (C=O) groups is 4. The van der Waals surface area contributed by atoms with E-state index in [4.69, 9.17) is 34.3 Å². The summed E-state index contributed by atoms with van der Waals surface area (Å²) in [5.41, 5.74) is 0. The number of hydrogen-bond donors (Lipinski definition) is 6. The summed E-state index contributed by atoms with van der Waals surface area (Å²) >= 11 is 6.30. The van der Waals surface area contributed by atoms with Crippen molar-refractivity contribution in [3.05, 3.63) is 0 Å². The summed E-state index contributed by atoms with van der Waals surface area (Å²) in [7, 11) is 0. The van der Waals surface area contributed by atoms with E-state index in [1.54, 1.807) is 0 Å². The summed E-state index contributed by atoms with van der Waals surface area (Å²) in [6.07, 6.45) is -7.26. The number of aliphatic hydroxyl groups is 6. The zero-order valence-electron chi connectivity index (χ0n) is 21.3. The first-order valence-corrected chi connectivity index (χ1v) is 18.4. The summed E-state index contributed by atoms with van der Waals surface area (Å²) < 4.78 is 19.9. The normalized spacial score (nSPS) is 38.9. The molecule has 2 bridgehead atoms. The van der Waals surface area contributed by atoms with Gasteiger partial charge in [-0.2, -0.15) is 0 Å². The number of esters is 4. The average Bonchev–Trinajstić information content (AvgIpc) is 3.27. The second kappa shape index (κ2) is 16.5. The van der Waals surface area contributed by atoms with Crippen LogP contribution >= 0.6 is 31.9 Å². The zero-order chi connectivity index (χ0) is 30.3. The topological polar surface area (TPSA) is 227 Å². The molecule has 4 heterocycles. The number of fused-ring (bicyclic) bond motifs is 2. The van der Waals surface area contributed by atoms with Crippen LogP contribution in [0.5, 0.6) is 0 Å². The Morgan fingerprint density at radius 2 is 1.57 bits per heavy atom. The number of alkyl halides is 2. The predicted octanol–water partition coefficient (Wildman–Crippen LogP) is -2.52. The van der Waals surface area contributed by atoms with Crippen LogP contribution in [0.15, 0.2) is 0 Å². The molecule has 0 saturated carbocycles. The van der Waals surface area contributed by atoms with Crippen molar-refractivity contribution in [1.29, 1.82) is 0 Å². The Labute approximate surface area is 259 Å². The van der Waals surface area contributed by atoms with Crippen LogP contribution in [0.2, 0.25) is 20.3 Å². The number of ether oxygens (including phenoxy) is 4. The van der Waals surface area contributed by atoms with Gasteiger partial charge in [-0.1, -0.05) is 31.9 Å². The van der Waals surface area contributed by atoms with Crippen molar-refractivity contribution in [2.24, 2.45) is 0 Å². The Bertz CT molecular complexity index is 898. The Morgan fingerprint density at radius 3 is 2.10 bits per heavy atom. The van der Waals surface area contributed by atoms with Crippen molar-refractivity contribution >= 4 is 85.7 Å². The fourth-order valence-corrected chi connectivity index (χ4v) is 9.68. The number of cyclic esters (lactones) is 1. The molecule has 14 nitrogen and oxygen atoms in total. The first kappa shape index (κ1) is 35.8. The molecule has 0 spiro atoms.